The van der Waals surface area contributed by atoms with Crippen LogP contribution < -0.4 is 4.90 Å². The lowest BCUT2D eigenvalue weighted by molar-refractivity contribution is 0.414. The summed E-state index contributed by atoms with van der Waals surface area (Å²) in [5.41, 5.74) is 14.4. The predicted molar refractivity (Wildman–Crippen MR) is 230 cm³/mol. The molecule has 0 spiro atoms. The van der Waals surface area contributed by atoms with Crippen LogP contribution in [0.25, 0.3) is 76.8 Å². The van der Waals surface area contributed by atoms with Crippen molar-refractivity contribution in [3.8, 4) is 44.5 Å². The van der Waals surface area contributed by atoms with Gasteiger partial charge in [0.15, 0.2) is 0 Å². The monoisotopic (exact) mass is 691 g/mol. The molecule has 0 aromatic heterocycles. The van der Waals surface area contributed by atoms with Crippen molar-refractivity contribution in [3.63, 3.8) is 0 Å². The largest absolute Gasteiger partial charge is 0.335 e. The van der Waals surface area contributed by atoms with Crippen LogP contribution in [-0.4, -0.2) is 5.54 Å². The van der Waals surface area contributed by atoms with Crippen molar-refractivity contribution in [3.05, 3.63) is 181 Å². The van der Waals surface area contributed by atoms with Gasteiger partial charge in [-0.25, -0.2) is 0 Å². The molecule has 1 aliphatic heterocycles. The molecule has 1 heterocycles. The molecule has 1 aliphatic carbocycles. The third-order valence-corrected chi connectivity index (χ3v) is 12.9. The molecular formula is C53H41N. The van der Waals surface area contributed by atoms with E-state index in [9.17, 15) is 0 Å². The molecule has 11 rings (SSSR count). The van der Waals surface area contributed by atoms with Crippen LogP contribution in [0.3, 0.4) is 0 Å². The zero-order valence-electron chi connectivity index (χ0n) is 30.8. The van der Waals surface area contributed by atoms with E-state index in [1.807, 2.05) is 0 Å². The molecule has 1 saturated carbocycles. The molecular weight excluding hydrogens is 651 g/mol. The molecule has 1 fully saturated rings. The Morgan fingerprint density at radius 3 is 1.35 bits per heavy atom. The minimum Gasteiger partial charge on any atom is -0.335 e. The lowest BCUT2D eigenvalue weighted by atomic mass is 9.80. The Hall–Kier alpha value is -6.18. The number of para-hydroxylation sites is 1. The summed E-state index contributed by atoms with van der Waals surface area (Å²) >= 11 is 0. The number of benzene rings is 9. The number of nitrogens with zero attached hydrogens (tertiary/aromatic N) is 1. The van der Waals surface area contributed by atoms with Gasteiger partial charge in [-0.3, -0.25) is 0 Å². The quantitative estimate of drug-likeness (QED) is 0.162. The summed E-state index contributed by atoms with van der Waals surface area (Å²) in [5.74, 6) is 1.09. The number of hydrogen-bond acceptors (Lipinski definition) is 1. The molecule has 9 aromatic carbocycles. The van der Waals surface area contributed by atoms with Gasteiger partial charge in [0.05, 0.1) is 0 Å². The first-order chi connectivity index (χ1) is 26.6. The molecule has 0 saturated heterocycles. The van der Waals surface area contributed by atoms with Gasteiger partial charge in [-0.1, -0.05) is 146 Å². The topological polar surface area (TPSA) is 3.24 Å². The smallest absolute Gasteiger partial charge is 0.0495 e. The van der Waals surface area contributed by atoms with Crippen LogP contribution in [0.5, 0.6) is 0 Å². The highest BCUT2D eigenvalue weighted by Gasteiger charge is 2.54. The zero-order chi connectivity index (χ0) is 36.0. The fourth-order valence-electron chi connectivity index (χ4n) is 10.6. The normalized spacial score (nSPS) is 19.2. The second-order valence-corrected chi connectivity index (χ2v) is 15.9. The average molecular weight is 692 g/mol. The highest BCUT2D eigenvalue weighted by atomic mass is 15.2. The van der Waals surface area contributed by atoms with Crippen molar-refractivity contribution in [2.24, 2.45) is 5.92 Å². The zero-order valence-corrected chi connectivity index (χ0v) is 30.8. The fourth-order valence-corrected chi connectivity index (χ4v) is 10.6. The van der Waals surface area contributed by atoms with Gasteiger partial charge in [0.1, 0.15) is 0 Å². The van der Waals surface area contributed by atoms with Crippen molar-refractivity contribution in [1.29, 1.82) is 0 Å². The lowest BCUT2D eigenvalue weighted by Crippen LogP contribution is -2.40. The first kappa shape index (κ1) is 31.4. The maximum absolute atomic E-state index is 2.66. The number of anilines is 2. The van der Waals surface area contributed by atoms with Gasteiger partial charge in [0.2, 0.25) is 0 Å². The van der Waals surface area contributed by atoms with E-state index in [1.165, 1.54) is 107 Å². The maximum Gasteiger partial charge on any atom is 0.0495 e. The number of hydrogen-bond donors (Lipinski definition) is 0. The minimum absolute atomic E-state index is 0.0568. The van der Waals surface area contributed by atoms with Crippen molar-refractivity contribution in [1.82, 2.24) is 0 Å². The van der Waals surface area contributed by atoms with Gasteiger partial charge in [-0.15, -0.1) is 0 Å². The van der Waals surface area contributed by atoms with Crippen molar-refractivity contribution >= 4 is 43.7 Å². The Morgan fingerprint density at radius 1 is 0.463 bits per heavy atom. The van der Waals surface area contributed by atoms with Gasteiger partial charge < -0.3 is 4.90 Å². The Kier molecular flexibility index (Phi) is 6.92. The van der Waals surface area contributed by atoms with Crippen LogP contribution in [0, 0.1) is 5.92 Å². The fraction of sp³-hybridized carbons (Fsp3) is 0.132. The molecule has 2 aliphatic rings. The van der Waals surface area contributed by atoms with E-state index < -0.39 is 0 Å². The molecule has 3 atom stereocenters. The second kappa shape index (κ2) is 11.9. The summed E-state index contributed by atoms with van der Waals surface area (Å²) in [5, 5.41) is 7.91. The highest BCUT2D eigenvalue weighted by Crippen LogP contribution is 2.61. The van der Waals surface area contributed by atoms with E-state index in [-0.39, 0.29) is 5.54 Å². The Morgan fingerprint density at radius 2 is 0.889 bits per heavy atom. The first-order valence-corrected chi connectivity index (χ1v) is 19.5. The van der Waals surface area contributed by atoms with Crippen LogP contribution in [-0.2, 0) is 0 Å². The molecule has 1 nitrogen and oxygen atoms in total. The molecule has 9 aromatic rings. The van der Waals surface area contributed by atoms with Gasteiger partial charge in [-0.2, -0.15) is 0 Å². The number of rotatable bonds is 5. The van der Waals surface area contributed by atoms with E-state index in [1.54, 1.807) is 0 Å². The van der Waals surface area contributed by atoms with Crippen LogP contribution >= 0.6 is 0 Å². The average Bonchev–Trinajstić information content (AvgIpc) is 3.68. The Balaban J connectivity index is 1.23. The van der Waals surface area contributed by atoms with Gasteiger partial charge in [0.25, 0.3) is 0 Å². The standard InChI is InChI=1S/C53H41N/c1-34-29-30-53(2)52(34)48-31-38(23-28-49(48)54(53)39-21-13-6-14-22-39)47-33-46(37-19-11-5-12-20-37)42-25-24-40-44(35-15-7-3-8-16-35)32-45(36-17-9-4-10-18-36)41-26-27-43(47)51(42)50(40)41/h3-28,31-34,52H,29-30H2,1-2H3. The molecule has 0 radical (unpaired) electrons. The van der Waals surface area contributed by atoms with Gasteiger partial charge in [-0.05, 0) is 144 Å². The second-order valence-electron chi connectivity index (χ2n) is 15.9. The van der Waals surface area contributed by atoms with Crippen LogP contribution in [0.4, 0.5) is 11.4 Å². The van der Waals surface area contributed by atoms with Crippen molar-refractivity contribution in [2.45, 2.75) is 38.1 Å². The summed E-state index contributed by atoms with van der Waals surface area (Å²) < 4.78 is 0. The van der Waals surface area contributed by atoms with Gasteiger partial charge in [0, 0.05) is 22.8 Å². The summed E-state index contributed by atoms with van der Waals surface area (Å²) in [6.45, 7) is 4.98. The van der Waals surface area contributed by atoms with E-state index in [0.29, 0.717) is 11.8 Å². The van der Waals surface area contributed by atoms with E-state index in [4.69, 9.17) is 0 Å². The molecule has 0 amide bonds. The molecule has 1 heteroatoms. The van der Waals surface area contributed by atoms with Crippen LogP contribution in [0.15, 0.2) is 176 Å². The van der Waals surface area contributed by atoms with E-state index in [2.05, 4.69) is 195 Å². The highest BCUT2D eigenvalue weighted by molar-refractivity contribution is 6.32. The van der Waals surface area contributed by atoms with Crippen molar-refractivity contribution < 1.29 is 0 Å². The van der Waals surface area contributed by atoms with E-state index in [0.717, 1.165) is 0 Å². The third-order valence-electron chi connectivity index (χ3n) is 12.9. The molecule has 0 bridgehead atoms. The first-order valence-electron chi connectivity index (χ1n) is 19.5. The molecule has 0 N–H and O–H groups in total. The molecule has 3 unspecified atom stereocenters. The number of fused-ring (bicyclic) bond motifs is 3. The Labute approximate surface area is 317 Å². The van der Waals surface area contributed by atoms with Crippen LogP contribution in [0.1, 0.15) is 38.2 Å². The lowest BCUT2D eigenvalue weighted by Gasteiger charge is -2.38. The summed E-state index contributed by atoms with van der Waals surface area (Å²) in [7, 11) is 0. The minimum atomic E-state index is 0.0568. The summed E-state index contributed by atoms with van der Waals surface area (Å²) in [6, 6.07) is 65.8. The van der Waals surface area contributed by atoms with Gasteiger partial charge >= 0.3 is 0 Å². The maximum atomic E-state index is 2.66. The van der Waals surface area contributed by atoms with Crippen molar-refractivity contribution in [2.75, 3.05) is 4.90 Å². The summed E-state index contributed by atoms with van der Waals surface area (Å²) in [4.78, 5) is 2.66. The summed E-state index contributed by atoms with van der Waals surface area (Å²) in [6.07, 6.45) is 2.45. The SMILES string of the molecule is CC1CCC2(C)C1c1cc(-c3cc(-c4ccccc4)c4ccc5c(-c6ccccc6)cc(-c6ccccc6)c6ccc3c4c56)ccc1N2c1ccccc1. The molecule has 258 valence electrons. The molecule has 54 heavy (non-hydrogen) atoms. The third kappa shape index (κ3) is 4.51. The van der Waals surface area contributed by atoms with Crippen LogP contribution in [0.2, 0.25) is 0 Å². The Bertz CT molecular complexity index is 2780. The van der Waals surface area contributed by atoms with E-state index >= 15 is 0 Å². The predicted octanol–water partition coefficient (Wildman–Crippen LogP) is 14.7.